The fraction of sp³-hybridized carbons (Fsp3) is 0.438. The third kappa shape index (κ3) is 14.4. The van der Waals surface area contributed by atoms with E-state index in [2.05, 4.69) is 42.5 Å². The number of carboxylic acid groups (broad SMARTS) is 1. The van der Waals surface area contributed by atoms with E-state index in [1.54, 1.807) is 0 Å². The topological polar surface area (TPSA) is 37.3 Å². The van der Waals surface area contributed by atoms with Crippen molar-refractivity contribution in [2.45, 2.75) is 45.4 Å². The van der Waals surface area contributed by atoms with Crippen molar-refractivity contribution >= 4 is 5.97 Å². The predicted molar refractivity (Wildman–Crippen MR) is 77.6 cm³/mol. The van der Waals surface area contributed by atoms with Gasteiger partial charge in [-0.2, -0.15) is 0 Å². The van der Waals surface area contributed by atoms with Crippen LogP contribution in [0.2, 0.25) is 0 Å². The van der Waals surface area contributed by atoms with E-state index < -0.39 is 5.97 Å². The normalized spacial score (nSPS) is 12.5. The zero-order valence-corrected chi connectivity index (χ0v) is 11.2. The molecule has 0 atom stereocenters. The molecule has 0 aromatic rings. The fourth-order valence-electron chi connectivity index (χ4n) is 1.33. The molecule has 0 radical (unpaired) electrons. The van der Waals surface area contributed by atoms with E-state index in [1.165, 1.54) is 0 Å². The van der Waals surface area contributed by atoms with Gasteiger partial charge in [0.25, 0.3) is 0 Å². The number of aliphatic carboxylic acids is 1. The quantitative estimate of drug-likeness (QED) is 0.451. The predicted octanol–water partition coefficient (Wildman–Crippen LogP) is 4.66. The minimum absolute atomic E-state index is 0.226. The van der Waals surface area contributed by atoms with Gasteiger partial charge in [0.15, 0.2) is 0 Å². The van der Waals surface area contributed by atoms with Gasteiger partial charge in [0.2, 0.25) is 0 Å². The number of unbranched alkanes of at least 4 members (excludes halogenated alkanes) is 1. The third-order valence-corrected chi connectivity index (χ3v) is 2.30. The minimum Gasteiger partial charge on any atom is -0.481 e. The Labute approximate surface area is 110 Å². The molecule has 0 unspecified atom stereocenters. The Bertz CT molecular complexity index is 309. The van der Waals surface area contributed by atoms with Crippen LogP contribution < -0.4 is 0 Å². The van der Waals surface area contributed by atoms with Crippen LogP contribution >= 0.6 is 0 Å². The van der Waals surface area contributed by atoms with Crippen molar-refractivity contribution < 1.29 is 9.90 Å². The van der Waals surface area contributed by atoms with Gasteiger partial charge >= 0.3 is 5.97 Å². The van der Waals surface area contributed by atoms with Gasteiger partial charge in [-0.1, -0.05) is 48.6 Å². The maximum atomic E-state index is 10.2. The lowest BCUT2D eigenvalue weighted by atomic mass is 10.2. The van der Waals surface area contributed by atoms with E-state index in [0.29, 0.717) is 6.42 Å². The van der Waals surface area contributed by atoms with Crippen LogP contribution in [-0.4, -0.2) is 11.1 Å². The van der Waals surface area contributed by atoms with Crippen molar-refractivity contribution in [1.29, 1.82) is 0 Å². The van der Waals surface area contributed by atoms with Gasteiger partial charge in [0.1, 0.15) is 0 Å². The summed E-state index contributed by atoms with van der Waals surface area (Å²) in [4.78, 5) is 10.2. The van der Waals surface area contributed by atoms with Crippen molar-refractivity contribution in [2.75, 3.05) is 0 Å². The highest BCUT2D eigenvalue weighted by Crippen LogP contribution is 1.98. The van der Waals surface area contributed by atoms with E-state index in [4.69, 9.17) is 5.11 Å². The molecule has 1 N–H and O–H groups in total. The van der Waals surface area contributed by atoms with Gasteiger partial charge in [-0.25, -0.2) is 0 Å². The minimum atomic E-state index is -0.732. The highest BCUT2D eigenvalue weighted by molar-refractivity contribution is 5.66. The number of rotatable bonds is 10. The summed E-state index contributed by atoms with van der Waals surface area (Å²) in [5.41, 5.74) is 0. The van der Waals surface area contributed by atoms with Crippen LogP contribution in [0.25, 0.3) is 0 Å². The molecule has 0 saturated carbocycles. The molecule has 0 aliphatic rings. The second-order valence-electron chi connectivity index (χ2n) is 3.96. The van der Waals surface area contributed by atoms with E-state index in [0.717, 1.165) is 25.7 Å². The Kier molecular flexibility index (Phi) is 12.3. The first-order chi connectivity index (χ1) is 8.77. The van der Waals surface area contributed by atoms with E-state index in [9.17, 15) is 4.79 Å². The van der Waals surface area contributed by atoms with Gasteiger partial charge < -0.3 is 5.11 Å². The molecule has 0 rings (SSSR count). The molecular formula is C16H24O2. The summed E-state index contributed by atoms with van der Waals surface area (Å²) in [5, 5.41) is 8.43. The molecule has 0 aromatic carbocycles. The zero-order chi connectivity index (χ0) is 13.5. The van der Waals surface area contributed by atoms with Crippen LogP contribution in [-0.2, 0) is 4.79 Å². The lowest BCUT2D eigenvalue weighted by Crippen LogP contribution is -1.91. The van der Waals surface area contributed by atoms with Crippen molar-refractivity contribution in [1.82, 2.24) is 0 Å². The highest BCUT2D eigenvalue weighted by Gasteiger charge is 1.90. The molecule has 0 heterocycles. The Morgan fingerprint density at radius 3 is 1.94 bits per heavy atom. The highest BCUT2D eigenvalue weighted by atomic mass is 16.4. The smallest absolute Gasteiger partial charge is 0.303 e. The Hall–Kier alpha value is -1.57. The average Bonchev–Trinajstić information content (AvgIpc) is 2.34. The summed E-state index contributed by atoms with van der Waals surface area (Å²) >= 11 is 0. The Morgan fingerprint density at radius 2 is 1.33 bits per heavy atom. The monoisotopic (exact) mass is 248 g/mol. The first-order valence-electron chi connectivity index (χ1n) is 6.55. The van der Waals surface area contributed by atoms with Crippen molar-refractivity contribution in [2.24, 2.45) is 0 Å². The van der Waals surface area contributed by atoms with Crippen LogP contribution in [0.15, 0.2) is 48.6 Å². The summed E-state index contributed by atoms with van der Waals surface area (Å²) in [6, 6.07) is 0. The van der Waals surface area contributed by atoms with Crippen molar-refractivity contribution in [3.63, 3.8) is 0 Å². The molecule has 0 amide bonds. The van der Waals surface area contributed by atoms with Gasteiger partial charge in [0.05, 0.1) is 0 Å². The van der Waals surface area contributed by atoms with E-state index in [-0.39, 0.29) is 6.42 Å². The van der Waals surface area contributed by atoms with Gasteiger partial charge in [-0.05, 0) is 39.0 Å². The summed E-state index contributed by atoms with van der Waals surface area (Å²) in [6.07, 6.45) is 21.7. The molecule has 0 bridgehead atoms. The maximum Gasteiger partial charge on any atom is 0.303 e. The molecule has 18 heavy (non-hydrogen) atoms. The van der Waals surface area contributed by atoms with E-state index >= 15 is 0 Å². The van der Waals surface area contributed by atoms with Crippen LogP contribution in [0, 0.1) is 0 Å². The Morgan fingerprint density at radius 1 is 0.833 bits per heavy atom. The standard InChI is InChI=1S/C16H24O2/c1-2-3-4-5-6-7-8-9-10-11-12-13-14-15-16(17)18/h2-3,5-6,8-9,12-13H,4,7,10-11,14-15H2,1H3,(H,17,18). The van der Waals surface area contributed by atoms with Crippen molar-refractivity contribution in [3.05, 3.63) is 48.6 Å². The lowest BCUT2D eigenvalue weighted by molar-refractivity contribution is -0.136. The molecule has 0 aliphatic heterocycles. The number of carboxylic acids is 1. The molecule has 0 saturated heterocycles. The second-order valence-corrected chi connectivity index (χ2v) is 3.96. The molecule has 0 aliphatic carbocycles. The number of carbonyl (C=O) groups is 1. The average molecular weight is 248 g/mol. The first kappa shape index (κ1) is 16.4. The third-order valence-electron chi connectivity index (χ3n) is 2.30. The lowest BCUT2D eigenvalue weighted by Gasteiger charge is -1.89. The summed E-state index contributed by atoms with van der Waals surface area (Å²) < 4.78 is 0. The van der Waals surface area contributed by atoms with Crippen LogP contribution in [0.5, 0.6) is 0 Å². The number of hydrogen-bond acceptors (Lipinski definition) is 1. The fourth-order valence-corrected chi connectivity index (χ4v) is 1.33. The number of hydrogen-bond donors (Lipinski definition) is 1. The molecule has 0 fully saturated rings. The Balaban J connectivity index is 3.37. The molecular weight excluding hydrogens is 224 g/mol. The molecule has 2 nitrogen and oxygen atoms in total. The first-order valence-corrected chi connectivity index (χ1v) is 6.55. The molecule has 0 aromatic heterocycles. The van der Waals surface area contributed by atoms with Crippen molar-refractivity contribution in [3.8, 4) is 0 Å². The summed E-state index contributed by atoms with van der Waals surface area (Å²) in [5.74, 6) is -0.732. The van der Waals surface area contributed by atoms with Crippen LogP contribution in [0.4, 0.5) is 0 Å². The number of allylic oxidation sites excluding steroid dienone is 8. The van der Waals surface area contributed by atoms with Crippen LogP contribution in [0.3, 0.4) is 0 Å². The zero-order valence-electron chi connectivity index (χ0n) is 11.2. The summed E-state index contributed by atoms with van der Waals surface area (Å²) in [6.45, 7) is 2.03. The van der Waals surface area contributed by atoms with Crippen LogP contribution in [0.1, 0.15) is 45.4 Å². The molecule has 0 spiro atoms. The van der Waals surface area contributed by atoms with E-state index in [1.807, 2.05) is 13.0 Å². The SMILES string of the molecule is CC=CCC=CCC=CCCC=CCCC(=O)O. The molecule has 100 valence electrons. The summed E-state index contributed by atoms with van der Waals surface area (Å²) in [7, 11) is 0. The second kappa shape index (κ2) is 13.5. The van der Waals surface area contributed by atoms with Gasteiger partial charge in [-0.15, -0.1) is 0 Å². The van der Waals surface area contributed by atoms with Gasteiger partial charge in [-0.3, -0.25) is 4.79 Å². The van der Waals surface area contributed by atoms with Gasteiger partial charge in [0, 0.05) is 6.42 Å². The molecule has 2 heteroatoms. The maximum absolute atomic E-state index is 10.2. The largest absolute Gasteiger partial charge is 0.481 e.